The van der Waals surface area contributed by atoms with Crippen LogP contribution in [-0.4, -0.2) is 5.11 Å². The van der Waals surface area contributed by atoms with Gasteiger partial charge in [0.25, 0.3) is 0 Å². The second-order valence-electron chi connectivity index (χ2n) is 3.34. The van der Waals surface area contributed by atoms with Crippen LogP contribution in [0.5, 0.6) is 0 Å². The first kappa shape index (κ1) is 6.92. The van der Waals surface area contributed by atoms with Crippen LogP contribution in [0.2, 0.25) is 0 Å². The standard InChI is InChI=1S/C9H12O2/c1-6-5-7(6)9(10)8-3-2-4-11-8/h2-4,6-7,9-10H,5H2,1H3. The molecular weight excluding hydrogens is 140 g/mol. The molecule has 1 fully saturated rings. The fraction of sp³-hybridized carbons (Fsp3) is 0.556. The van der Waals surface area contributed by atoms with Gasteiger partial charge >= 0.3 is 0 Å². The average Bonchev–Trinajstić information content (AvgIpc) is 2.56. The van der Waals surface area contributed by atoms with Crippen molar-refractivity contribution in [2.24, 2.45) is 11.8 Å². The van der Waals surface area contributed by atoms with Gasteiger partial charge < -0.3 is 9.52 Å². The van der Waals surface area contributed by atoms with Crippen LogP contribution in [0, 0.1) is 11.8 Å². The molecule has 60 valence electrons. The summed E-state index contributed by atoms with van der Waals surface area (Å²) < 4.78 is 5.09. The molecule has 1 aliphatic rings. The molecule has 11 heavy (non-hydrogen) atoms. The van der Waals surface area contributed by atoms with Gasteiger partial charge in [0.05, 0.1) is 6.26 Å². The zero-order valence-corrected chi connectivity index (χ0v) is 6.53. The molecule has 1 heterocycles. The molecule has 1 aliphatic carbocycles. The van der Waals surface area contributed by atoms with Crippen LogP contribution in [0.1, 0.15) is 25.2 Å². The summed E-state index contributed by atoms with van der Waals surface area (Å²) >= 11 is 0. The Kier molecular flexibility index (Phi) is 1.50. The Morgan fingerprint density at radius 3 is 2.91 bits per heavy atom. The first-order chi connectivity index (χ1) is 5.29. The number of hydrogen-bond donors (Lipinski definition) is 1. The zero-order chi connectivity index (χ0) is 7.84. The van der Waals surface area contributed by atoms with Gasteiger partial charge in [0, 0.05) is 0 Å². The maximum Gasteiger partial charge on any atom is 0.132 e. The van der Waals surface area contributed by atoms with Gasteiger partial charge in [0.15, 0.2) is 0 Å². The van der Waals surface area contributed by atoms with Crippen molar-refractivity contribution in [2.45, 2.75) is 19.4 Å². The van der Waals surface area contributed by atoms with Gasteiger partial charge in [-0.2, -0.15) is 0 Å². The number of rotatable bonds is 2. The highest BCUT2D eigenvalue weighted by molar-refractivity contribution is 5.06. The molecule has 0 saturated heterocycles. The van der Waals surface area contributed by atoms with Gasteiger partial charge in [-0.3, -0.25) is 0 Å². The minimum atomic E-state index is -0.375. The Hall–Kier alpha value is -0.760. The largest absolute Gasteiger partial charge is 0.467 e. The van der Waals surface area contributed by atoms with Crippen molar-refractivity contribution >= 4 is 0 Å². The van der Waals surface area contributed by atoms with Gasteiger partial charge in [-0.15, -0.1) is 0 Å². The topological polar surface area (TPSA) is 33.4 Å². The number of aliphatic hydroxyl groups excluding tert-OH is 1. The highest BCUT2D eigenvalue weighted by Gasteiger charge is 2.40. The molecule has 0 bridgehead atoms. The molecule has 0 spiro atoms. The summed E-state index contributed by atoms with van der Waals surface area (Å²) in [5, 5.41) is 9.63. The lowest BCUT2D eigenvalue weighted by molar-refractivity contribution is 0.122. The molecule has 0 radical (unpaired) electrons. The quantitative estimate of drug-likeness (QED) is 0.702. The highest BCUT2D eigenvalue weighted by Crippen LogP contribution is 2.46. The Balaban J connectivity index is 2.06. The predicted molar refractivity (Wildman–Crippen MR) is 40.9 cm³/mol. The molecule has 1 N–H and O–H groups in total. The first-order valence-corrected chi connectivity index (χ1v) is 4.00. The van der Waals surface area contributed by atoms with Crippen LogP contribution in [0.3, 0.4) is 0 Å². The summed E-state index contributed by atoms with van der Waals surface area (Å²) in [5.74, 6) is 1.80. The summed E-state index contributed by atoms with van der Waals surface area (Å²) in [5.41, 5.74) is 0. The van der Waals surface area contributed by atoms with Crippen molar-refractivity contribution in [1.82, 2.24) is 0 Å². The van der Waals surface area contributed by atoms with Crippen LogP contribution < -0.4 is 0 Å². The lowest BCUT2D eigenvalue weighted by Crippen LogP contribution is -1.98. The van der Waals surface area contributed by atoms with Gasteiger partial charge in [-0.1, -0.05) is 6.92 Å². The molecule has 0 amide bonds. The van der Waals surface area contributed by atoms with E-state index in [1.54, 1.807) is 6.26 Å². The number of aliphatic hydroxyl groups is 1. The van der Waals surface area contributed by atoms with Crippen molar-refractivity contribution in [2.75, 3.05) is 0 Å². The molecule has 2 nitrogen and oxygen atoms in total. The Morgan fingerprint density at radius 1 is 1.73 bits per heavy atom. The molecule has 3 unspecified atom stereocenters. The predicted octanol–water partition coefficient (Wildman–Crippen LogP) is 1.97. The molecule has 0 aromatic carbocycles. The average molecular weight is 152 g/mol. The van der Waals surface area contributed by atoms with Gasteiger partial charge in [-0.25, -0.2) is 0 Å². The Labute approximate surface area is 65.8 Å². The molecule has 2 rings (SSSR count). The summed E-state index contributed by atoms with van der Waals surface area (Å²) in [6.07, 6.45) is 2.35. The van der Waals surface area contributed by atoms with E-state index in [1.807, 2.05) is 12.1 Å². The van der Waals surface area contributed by atoms with Crippen molar-refractivity contribution < 1.29 is 9.52 Å². The second kappa shape index (κ2) is 2.38. The minimum absolute atomic E-state index is 0.375. The highest BCUT2D eigenvalue weighted by atomic mass is 16.4. The lowest BCUT2D eigenvalue weighted by atomic mass is 10.1. The Bertz CT molecular complexity index is 228. The van der Waals surface area contributed by atoms with Gasteiger partial charge in [0.1, 0.15) is 11.9 Å². The summed E-state index contributed by atoms with van der Waals surface area (Å²) in [6, 6.07) is 3.64. The third-order valence-corrected chi connectivity index (χ3v) is 2.41. The van der Waals surface area contributed by atoms with Crippen LogP contribution in [-0.2, 0) is 0 Å². The molecule has 1 saturated carbocycles. The lowest BCUT2D eigenvalue weighted by Gasteiger charge is -2.04. The molecule has 1 aromatic heterocycles. The van der Waals surface area contributed by atoms with Crippen molar-refractivity contribution in [3.05, 3.63) is 24.2 Å². The van der Waals surface area contributed by atoms with E-state index < -0.39 is 0 Å². The minimum Gasteiger partial charge on any atom is -0.467 e. The van der Waals surface area contributed by atoms with Gasteiger partial charge in [-0.05, 0) is 30.4 Å². The fourth-order valence-corrected chi connectivity index (χ4v) is 1.46. The van der Waals surface area contributed by atoms with E-state index >= 15 is 0 Å². The molecule has 2 heteroatoms. The number of furan rings is 1. The molecular formula is C9H12O2. The SMILES string of the molecule is CC1CC1C(O)c1ccco1. The van der Waals surface area contributed by atoms with Crippen molar-refractivity contribution in [3.63, 3.8) is 0 Å². The van der Waals surface area contributed by atoms with Crippen LogP contribution in [0.15, 0.2) is 22.8 Å². The third kappa shape index (κ3) is 1.18. The summed E-state index contributed by atoms with van der Waals surface area (Å²) in [6.45, 7) is 2.15. The van der Waals surface area contributed by atoms with Crippen molar-refractivity contribution in [1.29, 1.82) is 0 Å². The second-order valence-corrected chi connectivity index (χ2v) is 3.34. The third-order valence-electron chi connectivity index (χ3n) is 2.41. The van der Waals surface area contributed by atoms with E-state index in [0.29, 0.717) is 17.6 Å². The van der Waals surface area contributed by atoms with E-state index in [9.17, 15) is 5.11 Å². The van der Waals surface area contributed by atoms with E-state index in [0.717, 1.165) is 6.42 Å². The number of hydrogen-bond acceptors (Lipinski definition) is 2. The smallest absolute Gasteiger partial charge is 0.132 e. The van der Waals surface area contributed by atoms with Crippen LogP contribution in [0.4, 0.5) is 0 Å². The van der Waals surface area contributed by atoms with E-state index in [-0.39, 0.29) is 6.10 Å². The monoisotopic (exact) mass is 152 g/mol. The zero-order valence-electron chi connectivity index (χ0n) is 6.53. The maximum absolute atomic E-state index is 9.63. The molecule has 3 atom stereocenters. The van der Waals surface area contributed by atoms with Crippen LogP contribution in [0.25, 0.3) is 0 Å². The van der Waals surface area contributed by atoms with Crippen LogP contribution >= 0.6 is 0 Å². The van der Waals surface area contributed by atoms with Gasteiger partial charge in [0.2, 0.25) is 0 Å². The fourth-order valence-electron chi connectivity index (χ4n) is 1.46. The summed E-state index contributed by atoms with van der Waals surface area (Å²) in [4.78, 5) is 0. The van der Waals surface area contributed by atoms with E-state index in [1.165, 1.54) is 0 Å². The maximum atomic E-state index is 9.63. The molecule has 1 aromatic rings. The first-order valence-electron chi connectivity index (χ1n) is 4.00. The molecule has 0 aliphatic heterocycles. The van der Waals surface area contributed by atoms with Crippen molar-refractivity contribution in [3.8, 4) is 0 Å². The normalized spacial score (nSPS) is 31.8. The summed E-state index contributed by atoms with van der Waals surface area (Å²) in [7, 11) is 0. The Morgan fingerprint density at radius 2 is 2.45 bits per heavy atom. The van der Waals surface area contributed by atoms with E-state index in [2.05, 4.69) is 6.92 Å². The van der Waals surface area contributed by atoms with E-state index in [4.69, 9.17) is 4.42 Å².